The molecule has 0 aromatic rings. The van der Waals surface area contributed by atoms with E-state index in [-0.39, 0.29) is 17.8 Å². The van der Waals surface area contributed by atoms with Gasteiger partial charge in [0.2, 0.25) is 0 Å². The van der Waals surface area contributed by atoms with Gasteiger partial charge in [0.05, 0.1) is 5.41 Å². The number of hydrogen-bond acceptors (Lipinski definition) is 2. The highest BCUT2D eigenvalue weighted by atomic mass is 19.4. The van der Waals surface area contributed by atoms with Gasteiger partial charge in [0.25, 0.3) is 12.5 Å². The van der Waals surface area contributed by atoms with E-state index in [1.165, 1.54) is 0 Å². The summed E-state index contributed by atoms with van der Waals surface area (Å²) in [5.41, 5.74) is -1.03. The molecule has 22 heavy (non-hydrogen) atoms. The fourth-order valence-corrected chi connectivity index (χ4v) is 4.46. The number of ether oxygens (including phenoxy) is 1. The van der Waals surface area contributed by atoms with E-state index in [1.54, 1.807) is 0 Å². The first-order chi connectivity index (χ1) is 10.0. The van der Waals surface area contributed by atoms with Crippen LogP contribution in [0.25, 0.3) is 0 Å². The molecule has 0 aliphatic heterocycles. The quantitative estimate of drug-likeness (QED) is 0.560. The van der Waals surface area contributed by atoms with E-state index in [0.29, 0.717) is 19.3 Å². The molecule has 3 atom stereocenters. The smallest absolute Gasteiger partial charge is 0.431 e. The zero-order chi connectivity index (χ0) is 16.7. The van der Waals surface area contributed by atoms with Crippen LogP contribution in [0, 0.1) is 23.2 Å². The van der Waals surface area contributed by atoms with Crippen LogP contribution in [0.3, 0.4) is 0 Å². The van der Waals surface area contributed by atoms with Crippen molar-refractivity contribution in [3.05, 3.63) is 0 Å². The van der Waals surface area contributed by atoms with Gasteiger partial charge < -0.3 is 4.74 Å². The Hall–Kier alpha value is -0.880. The lowest BCUT2D eigenvalue weighted by Gasteiger charge is -2.48. The first-order valence-electron chi connectivity index (χ1n) is 7.59. The highest BCUT2D eigenvalue weighted by Crippen LogP contribution is 2.53. The second-order valence-electron chi connectivity index (χ2n) is 7.14. The van der Waals surface area contributed by atoms with Crippen LogP contribution in [0.2, 0.25) is 0 Å². The number of carbonyl (C=O) groups is 1. The number of halogens is 5. The van der Waals surface area contributed by atoms with Crippen LogP contribution >= 0.6 is 0 Å². The second-order valence-corrected chi connectivity index (χ2v) is 7.14. The number of esters is 1. The third kappa shape index (κ3) is 3.54. The summed E-state index contributed by atoms with van der Waals surface area (Å²) in [6.45, 7) is 3.89. The van der Waals surface area contributed by atoms with E-state index in [4.69, 9.17) is 0 Å². The van der Waals surface area contributed by atoms with Gasteiger partial charge in [0.1, 0.15) is 0 Å². The lowest BCUT2D eigenvalue weighted by Crippen LogP contribution is -2.49. The normalized spacial score (nSPS) is 37.0. The van der Waals surface area contributed by atoms with Crippen LogP contribution < -0.4 is 0 Å². The van der Waals surface area contributed by atoms with Crippen LogP contribution in [0.15, 0.2) is 0 Å². The number of alkyl halides is 5. The van der Waals surface area contributed by atoms with Gasteiger partial charge in [0, 0.05) is 0 Å². The molecule has 2 fully saturated rings. The molecule has 3 unspecified atom stereocenters. The van der Waals surface area contributed by atoms with Crippen LogP contribution in [0.4, 0.5) is 22.0 Å². The minimum atomic E-state index is -5.25. The molecule has 0 radical (unpaired) electrons. The Morgan fingerprint density at radius 3 is 2.00 bits per heavy atom. The summed E-state index contributed by atoms with van der Waals surface area (Å²) in [7, 11) is 0. The first-order valence-corrected chi connectivity index (χ1v) is 7.59. The molecule has 0 aromatic carbocycles. The van der Waals surface area contributed by atoms with E-state index in [1.807, 2.05) is 13.8 Å². The molecule has 0 saturated heterocycles. The van der Waals surface area contributed by atoms with Crippen molar-refractivity contribution in [2.75, 3.05) is 0 Å². The van der Waals surface area contributed by atoms with Crippen LogP contribution in [0.5, 0.6) is 0 Å². The molecule has 2 aliphatic carbocycles. The van der Waals surface area contributed by atoms with Crippen LogP contribution in [-0.2, 0) is 9.53 Å². The molecular formula is C15H21F5O2. The predicted molar refractivity (Wildman–Crippen MR) is 69.3 cm³/mol. The monoisotopic (exact) mass is 328 g/mol. The molecule has 2 bridgehead atoms. The molecule has 0 amide bonds. The highest BCUT2D eigenvalue weighted by molar-refractivity contribution is 5.77. The van der Waals surface area contributed by atoms with Crippen molar-refractivity contribution < 1.29 is 31.5 Å². The Morgan fingerprint density at radius 2 is 1.59 bits per heavy atom. The maximum absolute atomic E-state index is 12.6. The molecule has 2 aliphatic rings. The molecule has 0 spiro atoms. The van der Waals surface area contributed by atoms with E-state index in [0.717, 1.165) is 12.8 Å². The van der Waals surface area contributed by atoms with Crippen molar-refractivity contribution in [2.24, 2.45) is 23.2 Å². The summed E-state index contributed by atoms with van der Waals surface area (Å²) in [6, 6.07) is 0. The number of carbonyl (C=O) groups excluding carboxylic acids is 1. The van der Waals surface area contributed by atoms with E-state index < -0.39 is 30.1 Å². The van der Waals surface area contributed by atoms with Crippen molar-refractivity contribution in [1.82, 2.24) is 0 Å². The van der Waals surface area contributed by atoms with Gasteiger partial charge in [-0.25, -0.2) is 8.78 Å². The van der Waals surface area contributed by atoms with Gasteiger partial charge in [-0.15, -0.1) is 0 Å². The molecule has 0 N–H and O–H groups in total. The van der Waals surface area contributed by atoms with Crippen molar-refractivity contribution in [1.29, 1.82) is 0 Å². The minimum absolute atomic E-state index is 0.190. The van der Waals surface area contributed by atoms with Gasteiger partial charge in [-0.3, -0.25) is 4.79 Å². The van der Waals surface area contributed by atoms with Crippen molar-refractivity contribution in [2.45, 2.75) is 64.7 Å². The Morgan fingerprint density at radius 1 is 1.09 bits per heavy atom. The maximum Gasteiger partial charge on any atom is 0.431 e. The van der Waals surface area contributed by atoms with E-state index >= 15 is 0 Å². The minimum Gasteiger partial charge on any atom is -0.446 e. The van der Waals surface area contributed by atoms with Crippen molar-refractivity contribution >= 4 is 5.97 Å². The summed E-state index contributed by atoms with van der Waals surface area (Å²) in [5, 5.41) is 0. The fourth-order valence-electron chi connectivity index (χ4n) is 4.46. The summed E-state index contributed by atoms with van der Waals surface area (Å²) >= 11 is 0. The fraction of sp³-hybridized carbons (Fsp3) is 0.933. The summed E-state index contributed by atoms with van der Waals surface area (Å²) < 4.78 is 67.3. The Labute approximate surface area is 126 Å². The summed E-state index contributed by atoms with van der Waals surface area (Å²) in [6.07, 6.45) is -9.20. The molecule has 2 saturated carbocycles. The highest BCUT2D eigenvalue weighted by Gasteiger charge is 2.55. The molecule has 0 heterocycles. The number of fused-ring (bicyclic) bond motifs is 2. The van der Waals surface area contributed by atoms with Crippen LogP contribution in [-0.4, -0.2) is 24.7 Å². The molecule has 7 heteroatoms. The summed E-state index contributed by atoms with van der Waals surface area (Å²) in [4.78, 5) is 12.3. The Balaban J connectivity index is 2.19. The topological polar surface area (TPSA) is 26.3 Å². The zero-order valence-electron chi connectivity index (χ0n) is 12.6. The largest absolute Gasteiger partial charge is 0.446 e. The zero-order valence-corrected chi connectivity index (χ0v) is 12.6. The average molecular weight is 328 g/mol. The number of hydrogen-bond donors (Lipinski definition) is 0. The number of rotatable bonds is 3. The maximum atomic E-state index is 12.6. The van der Waals surface area contributed by atoms with Crippen molar-refractivity contribution in [3.8, 4) is 0 Å². The van der Waals surface area contributed by atoms with Crippen LogP contribution in [0.1, 0.15) is 46.0 Å². The lowest BCUT2D eigenvalue weighted by atomic mass is 9.57. The lowest BCUT2D eigenvalue weighted by molar-refractivity contribution is -0.255. The summed E-state index contributed by atoms with van der Waals surface area (Å²) in [5.74, 6) is -0.460. The van der Waals surface area contributed by atoms with Crippen molar-refractivity contribution in [3.63, 3.8) is 0 Å². The molecule has 2 nitrogen and oxygen atoms in total. The second kappa shape index (κ2) is 5.96. The average Bonchev–Trinajstić information content (AvgIpc) is 2.31. The molecule has 128 valence electrons. The standard InChI is InChI=1S/C15H21F5O2/c1-8-3-10-4-9(2)6-14(5-8,7-10)13(21)22-11(12(16)17)15(18,19)20/h8-12H,3-7H2,1-2H3. The van der Waals surface area contributed by atoms with Gasteiger partial charge in [-0.2, -0.15) is 13.2 Å². The van der Waals surface area contributed by atoms with Gasteiger partial charge in [-0.1, -0.05) is 13.8 Å². The molecule has 0 aromatic heterocycles. The SMILES string of the molecule is CC1CC2CC(C)CC(C(=O)OC(C(F)F)C(F)(F)F)(C1)C2. The van der Waals surface area contributed by atoms with E-state index in [9.17, 15) is 26.7 Å². The Bertz CT molecular complexity index is 401. The van der Waals surface area contributed by atoms with Gasteiger partial charge in [0.15, 0.2) is 0 Å². The van der Waals surface area contributed by atoms with E-state index in [2.05, 4.69) is 4.74 Å². The predicted octanol–water partition coefficient (Wildman–Crippen LogP) is 4.58. The molecular weight excluding hydrogens is 307 g/mol. The van der Waals surface area contributed by atoms with Gasteiger partial charge in [-0.05, 0) is 49.9 Å². The van der Waals surface area contributed by atoms with Gasteiger partial charge >= 0.3 is 12.1 Å². The third-order valence-corrected chi connectivity index (χ3v) is 4.85. The Kier molecular flexibility index (Phi) is 4.74. The molecule has 2 rings (SSSR count). The third-order valence-electron chi connectivity index (χ3n) is 4.85. The first kappa shape index (κ1) is 17.5.